The summed E-state index contributed by atoms with van der Waals surface area (Å²) in [5.74, 6) is -0.0932. The Kier molecular flexibility index (Phi) is 3.71. The predicted molar refractivity (Wildman–Crippen MR) is 92.7 cm³/mol. The molecule has 1 heterocycles. The van der Waals surface area contributed by atoms with Crippen LogP contribution < -0.4 is 5.32 Å². The van der Waals surface area contributed by atoms with Crippen molar-refractivity contribution in [3.63, 3.8) is 0 Å². The van der Waals surface area contributed by atoms with Crippen LogP contribution in [0.3, 0.4) is 0 Å². The Morgan fingerprint density at radius 2 is 1.82 bits per heavy atom. The molecule has 0 fully saturated rings. The van der Waals surface area contributed by atoms with Gasteiger partial charge in [0.05, 0.1) is 15.7 Å². The Bertz CT molecular complexity index is 813. The zero-order chi connectivity index (χ0) is 15.7. The molecule has 0 saturated carbocycles. The van der Waals surface area contributed by atoms with Gasteiger partial charge in [0.15, 0.2) is 0 Å². The van der Waals surface area contributed by atoms with Gasteiger partial charge in [-0.2, -0.15) is 0 Å². The molecule has 0 aliphatic carbocycles. The predicted octanol–water partition coefficient (Wildman–Crippen LogP) is 4.85. The molecule has 1 N–H and O–H groups in total. The third-order valence-electron chi connectivity index (χ3n) is 3.60. The number of thiazole rings is 1. The Morgan fingerprint density at radius 1 is 1.09 bits per heavy atom. The van der Waals surface area contributed by atoms with E-state index in [0.29, 0.717) is 5.56 Å². The highest BCUT2D eigenvalue weighted by Gasteiger charge is 2.14. The van der Waals surface area contributed by atoms with Crippen LogP contribution in [-0.4, -0.2) is 10.9 Å². The van der Waals surface area contributed by atoms with Gasteiger partial charge in [0.2, 0.25) is 0 Å². The number of rotatable bonds is 2. The molecule has 1 amide bonds. The fraction of sp³-hybridized carbons (Fsp3) is 0.222. The van der Waals surface area contributed by atoms with Crippen LogP contribution in [0.5, 0.6) is 0 Å². The van der Waals surface area contributed by atoms with E-state index in [4.69, 9.17) is 0 Å². The molecule has 22 heavy (non-hydrogen) atoms. The number of hydrogen-bond acceptors (Lipinski definition) is 3. The van der Waals surface area contributed by atoms with Crippen LogP contribution in [0.25, 0.3) is 10.2 Å². The van der Waals surface area contributed by atoms with Crippen molar-refractivity contribution in [2.75, 3.05) is 5.32 Å². The third kappa shape index (κ3) is 3.02. The number of aromatic nitrogens is 1. The van der Waals surface area contributed by atoms with Gasteiger partial charge >= 0.3 is 0 Å². The van der Waals surface area contributed by atoms with Crippen molar-refractivity contribution in [3.8, 4) is 0 Å². The average Bonchev–Trinajstić information content (AvgIpc) is 2.94. The van der Waals surface area contributed by atoms with E-state index in [0.717, 1.165) is 15.9 Å². The van der Waals surface area contributed by atoms with Gasteiger partial charge < -0.3 is 5.32 Å². The summed E-state index contributed by atoms with van der Waals surface area (Å²) in [5.41, 5.74) is 5.53. The number of benzene rings is 2. The number of nitrogens with zero attached hydrogens (tertiary/aromatic N) is 1. The molecule has 2 aromatic carbocycles. The van der Waals surface area contributed by atoms with Crippen molar-refractivity contribution in [1.82, 2.24) is 4.98 Å². The van der Waals surface area contributed by atoms with Gasteiger partial charge in [-0.15, -0.1) is 11.3 Å². The summed E-state index contributed by atoms with van der Waals surface area (Å²) in [6, 6.07) is 13.5. The van der Waals surface area contributed by atoms with E-state index in [9.17, 15) is 4.79 Å². The number of nitrogens with one attached hydrogen (secondary N) is 1. The minimum absolute atomic E-state index is 0.0895. The highest BCUT2D eigenvalue weighted by Crippen LogP contribution is 2.24. The van der Waals surface area contributed by atoms with Crippen molar-refractivity contribution in [3.05, 3.63) is 59.1 Å². The maximum absolute atomic E-state index is 12.3. The number of carbonyl (C=O) groups is 1. The topological polar surface area (TPSA) is 42.0 Å². The molecule has 3 aromatic rings. The lowest BCUT2D eigenvalue weighted by atomic mass is 9.87. The summed E-state index contributed by atoms with van der Waals surface area (Å²) < 4.78 is 1.07. The fourth-order valence-corrected chi connectivity index (χ4v) is 2.97. The first-order valence-electron chi connectivity index (χ1n) is 7.19. The van der Waals surface area contributed by atoms with Crippen LogP contribution in [-0.2, 0) is 5.41 Å². The largest absolute Gasteiger partial charge is 0.322 e. The molecule has 0 atom stereocenters. The number of fused-ring (bicyclic) bond motifs is 1. The Balaban J connectivity index is 1.78. The number of hydrogen-bond donors (Lipinski definition) is 1. The van der Waals surface area contributed by atoms with Crippen molar-refractivity contribution >= 4 is 33.1 Å². The summed E-state index contributed by atoms with van der Waals surface area (Å²) in [6.07, 6.45) is 0. The summed E-state index contributed by atoms with van der Waals surface area (Å²) in [5, 5.41) is 2.94. The molecule has 0 aliphatic rings. The SMILES string of the molecule is CC(C)(C)c1ccc(C(=O)Nc2ccc3ncsc3c2)cc1. The Hall–Kier alpha value is -2.20. The average molecular weight is 310 g/mol. The van der Waals surface area contributed by atoms with E-state index >= 15 is 0 Å². The zero-order valence-electron chi connectivity index (χ0n) is 12.9. The van der Waals surface area contributed by atoms with Gasteiger partial charge in [0, 0.05) is 11.3 Å². The zero-order valence-corrected chi connectivity index (χ0v) is 13.7. The molecule has 0 radical (unpaired) electrons. The van der Waals surface area contributed by atoms with Gasteiger partial charge in [-0.3, -0.25) is 4.79 Å². The molecular weight excluding hydrogens is 292 g/mol. The van der Waals surface area contributed by atoms with Gasteiger partial charge in [-0.1, -0.05) is 32.9 Å². The molecule has 0 saturated heterocycles. The van der Waals surface area contributed by atoms with E-state index in [1.54, 1.807) is 11.3 Å². The van der Waals surface area contributed by atoms with E-state index in [1.807, 2.05) is 48.0 Å². The molecule has 4 heteroatoms. The molecule has 1 aromatic heterocycles. The molecule has 0 spiro atoms. The first kappa shape index (κ1) is 14.7. The molecule has 112 valence electrons. The van der Waals surface area contributed by atoms with Crippen LogP contribution in [0.15, 0.2) is 48.0 Å². The van der Waals surface area contributed by atoms with Gasteiger partial charge in [0.25, 0.3) is 5.91 Å². The summed E-state index contributed by atoms with van der Waals surface area (Å²) in [4.78, 5) is 16.6. The van der Waals surface area contributed by atoms with Crippen molar-refractivity contribution in [1.29, 1.82) is 0 Å². The van der Waals surface area contributed by atoms with Crippen LogP contribution in [0, 0.1) is 0 Å². The van der Waals surface area contributed by atoms with E-state index < -0.39 is 0 Å². The van der Waals surface area contributed by atoms with Crippen molar-refractivity contribution in [2.45, 2.75) is 26.2 Å². The minimum atomic E-state index is -0.0932. The molecule has 3 nitrogen and oxygen atoms in total. The summed E-state index contributed by atoms with van der Waals surface area (Å²) in [7, 11) is 0. The standard InChI is InChI=1S/C18H18N2OS/c1-18(2,3)13-6-4-12(5-7-13)17(21)20-14-8-9-15-16(10-14)22-11-19-15/h4-11H,1-3H3,(H,20,21). The lowest BCUT2D eigenvalue weighted by molar-refractivity contribution is 0.102. The lowest BCUT2D eigenvalue weighted by Gasteiger charge is -2.19. The fourth-order valence-electron chi connectivity index (χ4n) is 2.26. The summed E-state index contributed by atoms with van der Waals surface area (Å²) in [6.45, 7) is 6.48. The maximum Gasteiger partial charge on any atom is 0.255 e. The first-order chi connectivity index (χ1) is 10.4. The van der Waals surface area contributed by atoms with Gasteiger partial charge in [-0.25, -0.2) is 4.98 Å². The molecule has 0 aliphatic heterocycles. The van der Waals surface area contributed by atoms with Crippen molar-refractivity contribution < 1.29 is 4.79 Å². The normalized spacial score (nSPS) is 11.6. The monoisotopic (exact) mass is 310 g/mol. The minimum Gasteiger partial charge on any atom is -0.322 e. The lowest BCUT2D eigenvalue weighted by Crippen LogP contribution is -2.14. The molecule has 0 unspecified atom stereocenters. The molecular formula is C18H18N2OS. The van der Waals surface area contributed by atoms with E-state index in [1.165, 1.54) is 5.56 Å². The first-order valence-corrected chi connectivity index (χ1v) is 8.06. The van der Waals surface area contributed by atoms with Gasteiger partial charge in [-0.05, 0) is 41.3 Å². The third-order valence-corrected chi connectivity index (χ3v) is 4.39. The maximum atomic E-state index is 12.3. The Labute approximate surface area is 134 Å². The van der Waals surface area contributed by atoms with Crippen LogP contribution in [0.2, 0.25) is 0 Å². The van der Waals surface area contributed by atoms with E-state index in [2.05, 4.69) is 31.1 Å². The number of amides is 1. The second kappa shape index (κ2) is 5.54. The highest BCUT2D eigenvalue weighted by atomic mass is 32.1. The number of carbonyl (C=O) groups excluding carboxylic acids is 1. The highest BCUT2D eigenvalue weighted by molar-refractivity contribution is 7.16. The second-order valence-electron chi connectivity index (χ2n) is 6.32. The second-order valence-corrected chi connectivity index (χ2v) is 7.20. The summed E-state index contributed by atoms with van der Waals surface area (Å²) >= 11 is 1.57. The number of anilines is 1. The quantitative estimate of drug-likeness (QED) is 0.735. The van der Waals surface area contributed by atoms with Crippen molar-refractivity contribution in [2.24, 2.45) is 0 Å². The van der Waals surface area contributed by atoms with Crippen LogP contribution in [0.4, 0.5) is 5.69 Å². The molecule has 3 rings (SSSR count). The Morgan fingerprint density at radius 3 is 2.50 bits per heavy atom. The van der Waals surface area contributed by atoms with Crippen LogP contribution >= 0.6 is 11.3 Å². The van der Waals surface area contributed by atoms with E-state index in [-0.39, 0.29) is 11.3 Å². The van der Waals surface area contributed by atoms with Gasteiger partial charge in [0.1, 0.15) is 0 Å². The van der Waals surface area contributed by atoms with Crippen LogP contribution in [0.1, 0.15) is 36.7 Å². The molecule has 0 bridgehead atoms. The smallest absolute Gasteiger partial charge is 0.255 e.